The molecule has 0 aliphatic heterocycles. The largest absolute Gasteiger partial charge is 0.467 e. The number of nitrogens with one attached hydrogen (secondary N) is 1. The average Bonchev–Trinajstić information content (AvgIpc) is 1.96. The van der Waals surface area contributed by atoms with Crippen molar-refractivity contribution in [3.63, 3.8) is 0 Å². The van der Waals surface area contributed by atoms with Crippen molar-refractivity contribution >= 4 is 11.9 Å². The van der Waals surface area contributed by atoms with E-state index in [1.807, 2.05) is 5.32 Å². The number of rotatable bonds is 3. The fourth-order valence-corrected chi connectivity index (χ4v) is 0.714. The maximum atomic E-state index is 12.7. The number of hydrogen-bond donors (Lipinski definition) is 1. The Labute approximate surface area is 74.2 Å². The number of ether oxygens (including phenoxy) is 1. The third kappa shape index (κ3) is 3.82. The fourth-order valence-electron chi connectivity index (χ4n) is 0.714. The lowest BCUT2D eigenvalue weighted by molar-refractivity contribution is -0.155. The first-order valence-corrected chi connectivity index (χ1v) is 3.51. The van der Waals surface area contributed by atoms with Gasteiger partial charge in [0.1, 0.15) is 0 Å². The van der Waals surface area contributed by atoms with Crippen molar-refractivity contribution in [1.82, 2.24) is 5.32 Å². The van der Waals surface area contributed by atoms with Crippen molar-refractivity contribution in [1.29, 1.82) is 0 Å². The first kappa shape index (κ1) is 11.8. The maximum absolute atomic E-state index is 12.7. The highest BCUT2D eigenvalue weighted by Crippen LogP contribution is 2.18. The fraction of sp³-hybridized carbons (Fsp3) is 0.714. The molecule has 76 valence electrons. The minimum Gasteiger partial charge on any atom is -0.467 e. The lowest BCUT2D eigenvalue weighted by Gasteiger charge is -2.21. The Balaban J connectivity index is 4.56. The monoisotopic (exact) mass is 195 g/mol. The van der Waals surface area contributed by atoms with Crippen molar-refractivity contribution in [3.05, 3.63) is 0 Å². The molecule has 0 spiro atoms. The summed E-state index contributed by atoms with van der Waals surface area (Å²) >= 11 is 0. The third-order valence-corrected chi connectivity index (χ3v) is 1.29. The summed E-state index contributed by atoms with van der Waals surface area (Å²) in [6, 6.07) is -1.92. The SMILES string of the molecule is COC(=O)[C@@H](NC(C)=O)C(C)(F)F. The zero-order valence-electron chi connectivity index (χ0n) is 7.56. The smallest absolute Gasteiger partial charge is 0.334 e. The molecular weight excluding hydrogens is 184 g/mol. The highest BCUT2D eigenvalue weighted by Gasteiger charge is 2.41. The Morgan fingerprint density at radius 1 is 1.46 bits per heavy atom. The number of halogens is 2. The molecule has 0 aromatic heterocycles. The van der Waals surface area contributed by atoms with Gasteiger partial charge in [0.15, 0.2) is 6.04 Å². The van der Waals surface area contributed by atoms with Gasteiger partial charge in [-0.25, -0.2) is 13.6 Å². The van der Waals surface area contributed by atoms with Gasteiger partial charge in [-0.3, -0.25) is 4.79 Å². The Hall–Kier alpha value is -1.20. The van der Waals surface area contributed by atoms with Crippen LogP contribution in [0, 0.1) is 0 Å². The van der Waals surface area contributed by atoms with Crippen LogP contribution in [-0.4, -0.2) is 31.0 Å². The molecule has 0 heterocycles. The summed E-state index contributed by atoms with van der Waals surface area (Å²) in [6.45, 7) is 1.58. The summed E-state index contributed by atoms with van der Waals surface area (Å²) in [5.74, 6) is -5.21. The van der Waals surface area contributed by atoms with E-state index in [0.29, 0.717) is 6.92 Å². The molecule has 0 rings (SSSR count). The molecule has 4 nitrogen and oxygen atoms in total. The molecule has 1 N–H and O–H groups in total. The lowest BCUT2D eigenvalue weighted by atomic mass is 10.1. The molecule has 0 saturated carbocycles. The molecule has 13 heavy (non-hydrogen) atoms. The van der Waals surface area contributed by atoms with E-state index in [1.54, 1.807) is 0 Å². The van der Waals surface area contributed by atoms with Crippen LogP contribution in [0.4, 0.5) is 8.78 Å². The molecule has 0 aliphatic rings. The third-order valence-electron chi connectivity index (χ3n) is 1.29. The first-order chi connectivity index (χ1) is 5.79. The standard InChI is InChI=1S/C7H11F2NO3/c1-4(11)10-5(6(12)13-3)7(2,8)9/h5H,1-3H3,(H,10,11)/t5-/m1/s1. The molecule has 0 saturated heterocycles. The second-order valence-corrected chi connectivity index (χ2v) is 2.61. The quantitative estimate of drug-likeness (QED) is 0.660. The molecule has 0 aromatic carbocycles. The Bertz CT molecular complexity index is 212. The molecule has 0 radical (unpaired) electrons. The van der Waals surface area contributed by atoms with Crippen LogP contribution in [0.5, 0.6) is 0 Å². The molecule has 0 aliphatic carbocycles. The molecule has 0 bridgehead atoms. The number of hydrogen-bond acceptors (Lipinski definition) is 3. The van der Waals surface area contributed by atoms with E-state index >= 15 is 0 Å². The van der Waals surface area contributed by atoms with Gasteiger partial charge in [0.2, 0.25) is 5.91 Å². The van der Waals surface area contributed by atoms with Crippen LogP contribution in [0.3, 0.4) is 0 Å². The highest BCUT2D eigenvalue weighted by molar-refractivity contribution is 5.84. The van der Waals surface area contributed by atoms with Gasteiger partial charge in [-0.1, -0.05) is 0 Å². The summed E-state index contributed by atoms with van der Waals surface area (Å²) in [7, 11) is 0.975. The topological polar surface area (TPSA) is 55.4 Å². The molecule has 1 amide bonds. The molecule has 6 heteroatoms. The van der Waals surface area contributed by atoms with Crippen molar-refractivity contribution in [2.75, 3.05) is 7.11 Å². The van der Waals surface area contributed by atoms with Gasteiger partial charge >= 0.3 is 5.97 Å². The Morgan fingerprint density at radius 2 is 1.92 bits per heavy atom. The van der Waals surface area contributed by atoms with E-state index in [0.717, 1.165) is 14.0 Å². The molecule has 0 aromatic rings. The number of esters is 1. The average molecular weight is 195 g/mol. The van der Waals surface area contributed by atoms with Crippen LogP contribution in [0.25, 0.3) is 0 Å². The normalized spacial score (nSPS) is 13.3. The van der Waals surface area contributed by atoms with E-state index in [1.165, 1.54) is 0 Å². The van der Waals surface area contributed by atoms with Gasteiger partial charge in [-0.2, -0.15) is 0 Å². The Kier molecular flexibility index (Phi) is 3.77. The van der Waals surface area contributed by atoms with Crippen LogP contribution < -0.4 is 5.32 Å². The molecule has 1 atom stereocenters. The van der Waals surface area contributed by atoms with Gasteiger partial charge < -0.3 is 10.1 Å². The molecule has 0 unspecified atom stereocenters. The van der Waals surface area contributed by atoms with E-state index in [9.17, 15) is 18.4 Å². The highest BCUT2D eigenvalue weighted by atomic mass is 19.3. The van der Waals surface area contributed by atoms with Gasteiger partial charge in [-0.15, -0.1) is 0 Å². The number of alkyl halides is 2. The summed E-state index contributed by atoms with van der Waals surface area (Å²) in [5.41, 5.74) is 0. The number of methoxy groups -OCH3 is 1. The van der Waals surface area contributed by atoms with Crippen LogP contribution in [0.15, 0.2) is 0 Å². The summed E-state index contributed by atoms with van der Waals surface area (Å²) in [6.07, 6.45) is 0. The summed E-state index contributed by atoms with van der Waals surface area (Å²) in [4.78, 5) is 21.2. The van der Waals surface area contributed by atoms with Crippen molar-refractivity contribution < 1.29 is 23.1 Å². The van der Waals surface area contributed by atoms with Crippen LogP contribution in [0.2, 0.25) is 0 Å². The van der Waals surface area contributed by atoms with E-state index < -0.39 is 23.8 Å². The number of carbonyl (C=O) groups excluding carboxylic acids is 2. The second kappa shape index (κ2) is 4.15. The lowest BCUT2D eigenvalue weighted by Crippen LogP contribution is -2.51. The van der Waals surface area contributed by atoms with Gasteiger partial charge in [0.05, 0.1) is 7.11 Å². The van der Waals surface area contributed by atoms with E-state index in [-0.39, 0.29) is 0 Å². The Morgan fingerprint density at radius 3 is 2.15 bits per heavy atom. The summed E-state index contributed by atoms with van der Waals surface area (Å²) in [5, 5.41) is 1.81. The zero-order valence-corrected chi connectivity index (χ0v) is 7.56. The zero-order chi connectivity index (χ0) is 10.6. The van der Waals surface area contributed by atoms with Gasteiger partial charge in [-0.05, 0) is 0 Å². The first-order valence-electron chi connectivity index (χ1n) is 3.51. The van der Waals surface area contributed by atoms with Crippen molar-refractivity contribution in [2.45, 2.75) is 25.8 Å². The van der Waals surface area contributed by atoms with Crippen molar-refractivity contribution in [3.8, 4) is 0 Å². The molecular formula is C7H11F2NO3. The predicted molar refractivity (Wildman–Crippen MR) is 40.2 cm³/mol. The maximum Gasteiger partial charge on any atom is 0.334 e. The van der Waals surface area contributed by atoms with Crippen LogP contribution in [0.1, 0.15) is 13.8 Å². The minimum absolute atomic E-state index is 0.532. The number of carbonyl (C=O) groups is 2. The van der Waals surface area contributed by atoms with Crippen molar-refractivity contribution in [2.24, 2.45) is 0 Å². The van der Waals surface area contributed by atoms with Gasteiger partial charge in [0, 0.05) is 13.8 Å². The summed E-state index contributed by atoms with van der Waals surface area (Å²) < 4.78 is 29.4. The number of amides is 1. The second-order valence-electron chi connectivity index (χ2n) is 2.61. The predicted octanol–water partition coefficient (Wildman–Crippen LogP) is 0.319. The van der Waals surface area contributed by atoms with Crippen LogP contribution in [-0.2, 0) is 14.3 Å². The van der Waals surface area contributed by atoms with Crippen LogP contribution >= 0.6 is 0 Å². The van der Waals surface area contributed by atoms with E-state index in [4.69, 9.17) is 0 Å². The molecule has 0 fully saturated rings. The van der Waals surface area contributed by atoms with Gasteiger partial charge in [0.25, 0.3) is 5.92 Å². The van der Waals surface area contributed by atoms with E-state index in [2.05, 4.69) is 4.74 Å². The minimum atomic E-state index is -3.33.